The molecular weight excluding hydrogens is 242 g/mol. The van der Waals surface area contributed by atoms with Crippen molar-refractivity contribution in [1.82, 2.24) is 10.3 Å². The van der Waals surface area contributed by atoms with Crippen LogP contribution in [0, 0.1) is 0 Å². The van der Waals surface area contributed by atoms with Crippen molar-refractivity contribution in [2.45, 2.75) is 19.3 Å². The van der Waals surface area contributed by atoms with Gasteiger partial charge in [0.2, 0.25) is 0 Å². The topological polar surface area (TPSA) is 103 Å². The maximum Gasteiger partial charge on any atom is 0.199 e. The lowest BCUT2D eigenvalue weighted by Gasteiger charge is -2.00. The summed E-state index contributed by atoms with van der Waals surface area (Å²) in [5.74, 6) is 0.448. The van der Waals surface area contributed by atoms with Gasteiger partial charge in [-0.2, -0.15) is 0 Å². The highest BCUT2D eigenvalue weighted by atomic mass is 16.6. The molecule has 1 aromatic carbocycles. The number of aryl methyl sites for hydroxylation is 1. The number of amidine groups is 1. The van der Waals surface area contributed by atoms with E-state index in [1.54, 1.807) is 0 Å². The van der Waals surface area contributed by atoms with Crippen molar-refractivity contribution in [3.05, 3.63) is 41.6 Å². The van der Waals surface area contributed by atoms with Gasteiger partial charge < -0.3 is 11.5 Å². The molecule has 0 aliphatic heterocycles. The van der Waals surface area contributed by atoms with Gasteiger partial charge >= 0.3 is 0 Å². The van der Waals surface area contributed by atoms with Gasteiger partial charge in [0.05, 0.1) is 0 Å². The lowest BCUT2D eigenvalue weighted by Crippen LogP contribution is -2.16. The van der Waals surface area contributed by atoms with Crippen LogP contribution in [0.4, 0.5) is 5.82 Å². The largest absolute Gasteiger partial charge is 0.382 e. The van der Waals surface area contributed by atoms with Crippen LogP contribution in [-0.4, -0.2) is 22.7 Å². The van der Waals surface area contributed by atoms with Crippen LogP contribution in [0.15, 0.2) is 40.0 Å². The van der Waals surface area contributed by atoms with Crippen molar-refractivity contribution in [2.75, 3.05) is 12.3 Å². The van der Waals surface area contributed by atoms with Crippen molar-refractivity contribution in [3.8, 4) is 0 Å². The van der Waals surface area contributed by atoms with Gasteiger partial charge in [0.15, 0.2) is 17.3 Å². The Balaban J connectivity index is 1.73. The van der Waals surface area contributed by atoms with Crippen molar-refractivity contribution in [3.63, 3.8) is 0 Å². The smallest absolute Gasteiger partial charge is 0.199 e. The first-order valence-corrected chi connectivity index (χ1v) is 6.19. The van der Waals surface area contributed by atoms with Gasteiger partial charge in [-0.1, -0.05) is 30.3 Å². The van der Waals surface area contributed by atoms with Gasteiger partial charge in [-0.05, 0) is 35.1 Å². The number of hydrogen-bond acceptors (Lipinski definition) is 5. The second-order valence-corrected chi connectivity index (χ2v) is 4.21. The first-order chi connectivity index (χ1) is 9.27. The highest BCUT2D eigenvalue weighted by Crippen LogP contribution is 2.06. The van der Waals surface area contributed by atoms with E-state index >= 15 is 0 Å². The summed E-state index contributed by atoms with van der Waals surface area (Å²) in [5.41, 5.74) is 12.9. The minimum absolute atomic E-state index is 0.172. The number of aromatic nitrogens is 2. The Kier molecular flexibility index (Phi) is 4.49. The number of unbranched alkanes of at least 4 members (excludes halogenated alkanes) is 1. The standard InChI is InChI=1S/C13H17N5O/c14-12(11-13(15)18-19-17-11)16-9-5-4-8-10-6-2-1-3-7-10/h1-3,6-7H,4-5,8-9H2,(H2,14,16)(H2,15,18). The molecule has 1 aromatic heterocycles. The van der Waals surface area contributed by atoms with Crippen molar-refractivity contribution in [1.29, 1.82) is 0 Å². The fraction of sp³-hybridized carbons (Fsp3) is 0.308. The SMILES string of the molecule is NC(=NCCCCc1ccccc1)c1nonc1N. The second-order valence-electron chi connectivity index (χ2n) is 4.21. The van der Waals surface area contributed by atoms with E-state index in [2.05, 4.69) is 32.1 Å². The molecule has 0 aliphatic rings. The Labute approximate surface area is 111 Å². The van der Waals surface area contributed by atoms with Crippen LogP contribution in [0.3, 0.4) is 0 Å². The maximum atomic E-state index is 5.74. The Morgan fingerprint density at radius 3 is 2.63 bits per heavy atom. The Morgan fingerprint density at radius 1 is 1.16 bits per heavy atom. The summed E-state index contributed by atoms with van der Waals surface area (Å²) in [4.78, 5) is 4.21. The molecular formula is C13H17N5O. The van der Waals surface area contributed by atoms with Gasteiger partial charge in [0.25, 0.3) is 0 Å². The highest BCUT2D eigenvalue weighted by molar-refractivity contribution is 5.99. The number of anilines is 1. The second kappa shape index (κ2) is 6.53. The van der Waals surface area contributed by atoms with Gasteiger partial charge in [-0.3, -0.25) is 4.99 Å². The molecule has 0 atom stereocenters. The number of nitrogens with two attached hydrogens (primary N) is 2. The van der Waals surface area contributed by atoms with Gasteiger partial charge in [-0.25, -0.2) is 4.63 Å². The minimum Gasteiger partial charge on any atom is -0.382 e. The first-order valence-electron chi connectivity index (χ1n) is 6.19. The third-order valence-electron chi connectivity index (χ3n) is 2.76. The lowest BCUT2D eigenvalue weighted by atomic mass is 10.1. The minimum atomic E-state index is 0.172. The summed E-state index contributed by atoms with van der Waals surface area (Å²) in [6.07, 6.45) is 3.07. The molecule has 0 amide bonds. The predicted octanol–water partition coefficient (Wildman–Crippen LogP) is 1.38. The third-order valence-corrected chi connectivity index (χ3v) is 2.76. The summed E-state index contributed by atoms with van der Waals surface area (Å²) in [7, 11) is 0. The van der Waals surface area contributed by atoms with E-state index in [0.717, 1.165) is 19.3 Å². The molecule has 19 heavy (non-hydrogen) atoms. The molecule has 1 heterocycles. The number of nitrogens with zero attached hydrogens (tertiary/aromatic N) is 3. The van der Waals surface area contributed by atoms with E-state index < -0.39 is 0 Å². The summed E-state index contributed by atoms with van der Waals surface area (Å²) in [5, 5.41) is 7.05. The number of benzene rings is 1. The normalized spacial score (nSPS) is 11.7. The zero-order valence-corrected chi connectivity index (χ0v) is 10.6. The molecule has 0 saturated carbocycles. The van der Waals surface area contributed by atoms with E-state index in [9.17, 15) is 0 Å². The van der Waals surface area contributed by atoms with E-state index in [-0.39, 0.29) is 11.7 Å². The molecule has 6 heteroatoms. The zero-order chi connectivity index (χ0) is 13.5. The molecule has 2 aromatic rings. The fourth-order valence-electron chi connectivity index (χ4n) is 1.73. The van der Waals surface area contributed by atoms with Gasteiger partial charge in [0, 0.05) is 6.54 Å². The Bertz CT molecular complexity index is 535. The van der Waals surface area contributed by atoms with E-state index in [4.69, 9.17) is 11.5 Å². The monoisotopic (exact) mass is 259 g/mol. The molecule has 0 fully saturated rings. The summed E-state index contributed by atoms with van der Waals surface area (Å²) in [6.45, 7) is 0.644. The van der Waals surface area contributed by atoms with Crippen molar-refractivity contribution < 1.29 is 4.63 Å². The molecule has 4 N–H and O–H groups in total. The fourth-order valence-corrected chi connectivity index (χ4v) is 1.73. The van der Waals surface area contributed by atoms with Crippen molar-refractivity contribution in [2.24, 2.45) is 10.7 Å². The van der Waals surface area contributed by atoms with Crippen LogP contribution in [0.1, 0.15) is 24.1 Å². The average Bonchev–Trinajstić information content (AvgIpc) is 2.86. The molecule has 0 aliphatic carbocycles. The molecule has 2 rings (SSSR count). The highest BCUT2D eigenvalue weighted by Gasteiger charge is 2.09. The Morgan fingerprint density at radius 2 is 1.95 bits per heavy atom. The third kappa shape index (κ3) is 3.80. The molecule has 100 valence electrons. The lowest BCUT2D eigenvalue weighted by molar-refractivity contribution is 0.308. The molecule has 0 spiro atoms. The van der Waals surface area contributed by atoms with Crippen LogP contribution < -0.4 is 11.5 Å². The number of rotatable bonds is 6. The van der Waals surface area contributed by atoms with E-state index in [1.165, 1.54) is 5.56 Å². The molecule has 0 saturated heterocycles. The van der Waals surface area contributed by atoms with Gasteiger partial charge in [-0.15, -0.1) is 0 Å². The molecule has 0 radical (unpaired) electrons. The van der Waals surface area contributed by atoms with Crippen LogP contribution in [0.2, 0.25) is 0 Å². The summed E-state index contributed by atoms with van der Waals surface area (Å²) in [6, 6.07) is 10.4. The first kappa shape index (κ1) is 13.1. The maximum absolute atomic E-state index is 5.74. The Hall–Kier alpha value is -2.37. The van der Waals surface area contributed by atoms with Crippen LogP contribution >= 0.6 is 0 Å². The summed E-state index contributed by atoms with van der Waals surface area (Å²) < 4.78 is 4.47. The van der Waals surface area contributed by atoms with E-state index in [0.29, 0.717) is 12.2 Å². The van der Waals surface area contributed by atoms with Crippen LogP contribution in [-0.2, 0) is 6.42 Å². The summed E-state index contributed by atoms with van der Waals surface area (Å²) >= 11 is 0. The molecule has 0 unspecified atom stereocenters. The zero-order valence-electron chi connectivity index (χ0n) is 10.6. The number of aliphatic imine (C=N–C) groups is 1. The number of nitrogen functional groups attached to an aromatic ring is 1. The number of hydrogen-bond donors (Lipinski definition) is 2. The predicted molar refractivity (Wildman–Crippen MR) is 73.7 cm³/mol. The average molecular weight is 259 g/mol. The quantitative estimate of drug-likeness (QED) is 0.463. The molecule has 6 nitrogen and oxygen atoms in total. The van der Waals surface area contributed by atoms with Crippen LogP contribution in [0.25, 0.3) is 0 Å². The van der Waals surface area contributed by atoms with Crippen LogP contribution in [0.5, 0.6) is 0 Å². The van der Waals surface area contributed by atoms with Gasteiger partial charge in [0.1, 0.15) is 0 Å². The van der Waals surface area contributed by atoms with Crippen molar-refractivity contribution >= 4 is 11.7 Å². The van der Waals surface area contributed by atoms with E-state index in [1.807, 2.05) is 18.2 Å². The molecule has 0 bridgehead atoms.